The highest BCUT2D eigenvalue weighted by molar-refractivity contribution is 5.14. The maximum atomic E-state index is 10.3. The Morgan fingerprint density at radius 3 is 2.92 bits per heavy atom. The van der Waals surface area contributed by atoms with Gasteiger partial charge in [0.15, 0.2) is 0 Å². The summed E-state index contributed by atoms with van der Waals surface area (Å²) in [4.78, 5) is 9.01. The summed E-state index contributed by atoms with van der Waals surface area (Å²) in [6.45, 7) is 4.30. The number of likely N-dealkylation sites (N-methyl/N-ethyl adjacent to an activating group) is 1. The van der Waals surface area contributed by atoms with Gasteiger partial charge in [0.2, 0.25) is 0 Å². The summed E-state index contributed by atoms with van der Waals surface area (Å²) < 4.78 is 4.41. The molecule has 2 aliphatic rings. The van der Waals surface area contributed by atoms with E-state index < -0.39 is 6.10 Å². The van der Waals surface area contributed by atoms with Crippen molar-refractivity contribution in [2.24, 2.45) is 0 Å². The minimum Gasteiger partial charge on any atom is -0.385 e. The highest BCUT2D eigenvalue weighted by Crippen LogP contribution is 2.35. The Bertz CT molecular complexity index is 717. The van der Waals surface area contributed by atoms with Crippen LogP contribution in [0, 0.1) is 0 Å². The fraction of sp³-hybridized carbons (Fsp3) is 0.667. The number of hydrogen-bond acceptors (Lipinski definition) is 5. The molecule has 0 bridgehead atoms. The summed E-state index contributed by atoms with van der Waals surface area (Å²) in [7, 11) is 3.93. The van der Waals surface area contributed by atoms with Gasteiger partial charge in [-0.25, -0.2) is 4.98 Å². The van der Waals surface area contributed by atoms with Crippen molar-refractivity contribution in [3.05, 3.63) is 35.7 Å². The normalized spacial score (nSPS) is 19.8. The highest BCUT2D eigenvalue weighted by atomic mass is 16.3. The molecule has 1 saturated carbocycles. The lowest BCUT2D eigenvalue weighted by molar-refractivity contribution is 0.133. The average molecular weight is 344 g/mol. The predicted octanol–water partition coefficient (Wildman–Crippen LogP) is 1.42. The second kappa shape index (κ2) is 6.90. The van der Waals surface area contributed by atoms with Crippen molar-refractivity contribution in [3.63, 3.8) is 0 Å². The quantitative estimate of drug-likeness (QED) is 0.859. The van der Waals surface area contributed by atoms with E-state index in [1.165, 1.54) is 24.4 Å². The van der Waals surface area contributed by atoms with E-state index in [9.17, 15) is 5.11 Å². The minimum atomic E-state index is -0.531. The van der Waals surface area contributed by atoms with Crippen molar-refractivity contribution in [2.45, 2.75) is 51.0 Å². The molecule has 7 heteroatoms. The summed E-state index contributed by atoms with van der Waals surface area (Å²) in [5, 5.41) is 15.0. The van der Waals surface area contributed by atoms with E-state index in [0.29, 0.717) is 12.6 Å². The van der Waals surface area contributed by atoms with Gasteiger partial charge in [-0.2, -0.15) is 5.10 Å². The van der Waals surface area contributed by atoms with E-state index in [4.69, 9.17) is 0 Å². The number of rotatable bonds is 6. The van der Waals surface area contributed by atoms with Gasteiger partial charge in [-0.05, 0) is 39.4 Å². The van der Waals surface area contributed by atoms with Gasteiger partial charge >= 0.3 is 0 Å². The average Bonchev–Trinajstić information content (AvgIpc) is 3.22. The van der Waals surface area contributed by atoms with E-state index in [1.807, 2.05) is 25.2 Å². The molecule has 25 heavy (non-hydrogen) atoms. The first kappa shape index (κ1) is 16.8. The molecule has 1 atom stereocenters. The molecule has 1 N–H and O–H groups in total. The number of nitrogens with zero attached hydrogens (tertiary/aromatic N) is 6. The molecule has 0 amide bonds. The molecule has 0 unspecified atom stereocenters. The summed E-state index contributed by atoms with van der Waals surface area (Å²) >= 11 is 0. The summed E-state index contributed by atoms with van der Waals surface area (Å²) in [5.41, 5.74) is 1.97. The van der Waals surface area contributed by atoms with Crippen LogP contribution < -0.4 is 0 Å². The Hall–Kier alpha value is -1.70. The van der Waals surface area contributed by atoms with E-state index in [1.54, 1.807) is 0 Å². The number of aliphatic hydroxyl groups is 1. The van der Waals surface area contributed by atoms with Crippen LogP contribution in [0.4, 0.5) is 0 Å². The van der Waals surface area contributed by atoms with Crippen LogP contribution >= 0.6 is 0 Å². The van der Waals surface area contributed by atoms with Crippen LogP contribution in [0.2, 0.25) is 0 Å². The minimum absolute atomic E-state index is 0.531. The summed E-state index contributed by atoms with van der Waals surface area (Å²) in [6.07, 6.45) is 7.14. The van der Waals surface area contributed by atoms with Crippen molar-refractivity contribution in [1.82, 2.24) is 29.1 Å². The number of aromatic nitrogens is 4. The van der Waals surface area contributed by atoms with Crippen molar-refractivity contribution in [1.29, 1.82) is 0 Å². The first-order valence-corrected chi connectivity index (χ1v) is 9.23. The van der Waals surface area contributed by atoms with Crippen LogP contribution in [0.25, 0.3) is 0 Å². The Morgan fingerprint density at radius 2 is 2.16 bits per heavy atom. The molecule has 2 aromatic heterocycles. The number of aliphatic hydroxyl groups excluding tert-OH is 1. The molecule has 4 rings (SSSR count). The van der Waals surface area contributed by atoms with Crippen molar-refractivity contribution < 1.29 is 5.11 Å². The third-order valence-electron chi connectivity index (χ3n) is 5.05. The topological polar surface area (TPSA) is 62.4 Å². The standard InChI is InChI=1S/C18H28N6O/c1-21(2)12-17(25)16-10-15-11-22(7-3-8-24(15)20-16)13-18-19-6-9-23(18)14-4-5-14/h6,9-10,14,17,25H,3-5,7-8,11-13H2,1-2H3/t17-/m0/s1. The van der Waals surface area contributed by atoms with Gasteiger partial charge in [-0.3, -0.25) is 9.58 Å². The fourth-order valence-corrected chi connectivity index (χ4v) is 3.64. The molecule has 0 aromatic carbocycles. The lowest BCUT2D eigenvalue weighted by Crippen LogP contribution is -2.24. The predicted molar refractivity (Wildman–Crippen MR) is 95.0 cm³/mol. The fourth-order valence-electron chi connectivity index (χ4n) is 3.64. The van der Waals surface area contributed by atoms with Crippen LogP contribution in [-0.2, 0) is 19.6 Å². The lowest BCUT2D eigenvalue weighted by atomic mass is 10.2. The molecule has 1 aliphatic heterocycles. The van der Waals surface area contributed by atoms with Gasteiger partial charge in [0.1, 0.15) is 11.9 Å². The maximum Gasteiger partial charge on any atom is 0.123 e. The van der Waals surface area contributed by atoms with Crippen molar-refractivity contribution in [3.8, 4) is 0 Å². The van der Waals surface area contributed by atoms with E-state index in [2.05, 4.69) is 36.5 Å². The van der Waals surface area contributed by atoms with Gasteiger partial charge in [-0.1, -0.05) is 0 Å². The van der Waals surface area contributed by atoms with Gasteiger partial charge < -0.3 is 14.6 Å². The second-order valence-electron chi connectivity index (χ2n) is 7.61. The van der Waals surface area contributed by atoms with Gasteiger partial charge in [-0.15, -0.1) is 0 Å². The zero-order chi connectivity index (χ0) is 17.4. The molecule has 136 valence electrons. The van der Waals surface area contributed by atoms with E-state index in [-0.39, 0.29) is 0 Å². The Morgan fingerprint density at radius 1 is 1.32 bits per heavy atom. The SMILES string of the molecule is CN(C)C[C@H](O)c1cc2n(n1)CCCN(Cc1nccn1C1CC1)C2. The Labute approximate surface area is 148 Å². The van der Waals surface area contributed by atoms with Gasteiger partial charge in [0, 0.05) is 44.6 Å². The van der Waals surface area contributed by atoms with E-state index >= 15 is 0 Å². The Balaban J connectivity index is 1.47. The first-order chi connectivity index (χ1) is 12.1. The molecule has 1 fully saturated rings. The smallest absolute Gasteiger partial charge is 0.123 e. The molecule has 0 saturated heterocycles. The second-order valence-corrected chi connectivity index (χ2v) is 7.61. The zero-order valence-corrected chi connectivity index (χ0v) is 15.2. The van der Waals surface area contributed by atoms with Crippen LogP contribution in [0.15, 0.2) is 18.5 Å². The molecule has 0 radical (unpaired) electrons. The van der Waals surface area contributed by atoms with Crippen LogP contribution in [0.5, 0.6) is 0 Å². The maximum absolute atomic E-state index is 10.3. The summed E-state index contributed by atoms with van der Waals surface area (Å²) in [5.74, 6) is 1.17. The van der Waals surface area contributed by atoms with Crippen LogP contribution in [-0.4, -0.2) is 61.4 Å². The molecular weight excluding hydrogens is 316 g/mol. The van der Waals surface area contributed by atoms with E-state index in [0.717, 1.165) is 38.3 Å². The van der Waals surface area contributed by atoms with Crippen LogP contribution in [0.1, 0.15) is 48.6 Å². The number of aryl methyl sites for hydroxylation is 1. The lowest BCUT2D eigenvalue weighted by Gasteiger charge is -2.19. The first-order valence-electron chi connectivity index (χ1n) is 9.23. The molecule has 0 spiro atoms. The number of hydrogen-bond donors (Lipinski definition) is 1. The molecule has 7 nitrogen and oxygen atoms in total. The zero-order valence-electron chi connectivity index (χ0n) is 15.2. The largest absolute Gasteiger partial charge is 0.385 e. The van der Waals surface area contributed by atoms with Gasteiger partial charge in [0.25, 0.3) is 0 Å². The number of imidazole rings is 1. The van der Waals surface area contributed by atoms with Crippen LogP contribution in [0.3, 0.4) is 0 Å². The molecule has 2 aromatic rings. The van der Waals surface area contributed by atoms with Gasteiger partial charge in [0.05, 0.1) is 17.9 Å². The van der Waals surface area contributed by atoms with Crippen molar-refractivity contribution >= 4 is 0 Å². The highest BCUT2D eigenvalue weighted by Gasteiger charge is 2.27. The third-order valence-corrected chi connectivity index (χ3v) is 5.05. The third kappa shape index (κ3) is 3.78. The monoisotopic (exact) mass is 344 g/mol. The Kier molecular flexibility index (Phi) is 4.62. The molecule has 3 heterocycles. The van der Waals surface area contributed by atoms with Crippen molar-refractivity contribution in [2.75, 3.05) is 27.2 Å². The molecule has 1 aliphatic carbocycles. The summed E-state index contributed by atoms with van der Waals surface area (Å²) in [6, 6.07) is 2.74. The number of fused-ring (bicyclic) bond motifs is 1. The molecular formula is C18H28N6O.